The van der Waals surface area contributed by atoms with E-state index in [9.17, 15) is 22.4 Å². The number of sulfonamides is 1. The van der Waals surface area contributed by atoms with E-state index in [1.54, 1.807) is 6.92 Å². The van der Waals surface area contributed by atoms with Crippen LogP contribution in [0.2, 0.25) is 5.02 Å². The highest BCUT2D eigenvalue weighted by atomic mass is 35.5. The first-order valence-electron chi connectivity index (χ1n) is 8.43. The van der Waals surface area contributed by atoms with Crippen LogP contribution in [0.5, 0.6) is 0 Å². The number of nitrogens with one attached hydrogen (secondary N) is 1. The van der Waals surface area contributed by atoms with Crippen molar-refractivity contribution in [2.45, 2.75) is 24.8 Å². The molecule has 0 bridgehead atoms. The molecule has 29 heavy (non-hydrogen) atoms. The van der Waals surface area contributed by atoms with Gasteiger partial charge in [-0.2, -0.15) is 0 Å². The number of anilines is 1. The van der Waals surface area contributed by atoms with Gasteiger partial charge >= 0.3 is 5.97 Å². The fourth-order valence-corrected chi connectivity index (χ4v) is 3.62. The third kappa shape index (κ3) is 5.31. The average Bonchev–Trinajstić information content (AvgIpc) is 2.64. The molecule has 1 unspecified atom stereocenters. The van der Waals surface area contributed by atoms with Crippen molar-refractivity contribution in [2.24, 2.45) is 0 Å². The van der Waals surface area contributed by atoms with Gasteiger partial charge in [0.05, 0.1) is 10.6 Å². The Hall–Kier alpha value is -2.49. The smallest absolute Gasteiger partial charge is 0.338 e. The molecule has 156 valence electrons. The fraction of sp³-hybridized carbons (Fsp3) is 0.263. The van der Waals surface area contributed by atoms with E-state index in [-0.39, 0.29) is 21.2 Å². The van der Waals surface area contributed by atoms with E-state index in [0.29, 0.717) is 5.56 Å². The van der Waals surface area contributed by atoms with Gasteiger partial charge in [-0.15, -0.1) is 0 Å². The number of rotatable bonds is 6. The topological polar surface area (TPSA) is 92.8 Å². The first kappa shape index (κ1) is 22.8. The van der Waals surface area contributed by atoms with Crippen molar-refractivity contribution in [3.8, 4) is 0 Å². The lowest BCUT2D eigenvalue weighted by Gasteiger charge is -2.16. The number of amides is 1. The highest BCUT2D eigenvalue weighted by Gasteiger charge is 2.24. The Morgan fingerprint density at radius 1 is 1.17 bits per heavy atom. The highest BCUT2D eigenvalue weighted by Crippen LogP contribution is 2.25. The van der Waals surface area contributed by atoms with Crippen LogP contribution >= 0.6 is 11.6 Å². The molecule has 0 aliphatic carbocycles. The number of carbonyl (C=O) groups excluding carboxylic acids is 2. The van der Waals surface area contributed by atoms with Crippen LogP contribution in [0.3, 0.4) is 0 Å². The van der Waals surface area contributed by atoms with Crippen molar-refractivity contribution in [1.29, 1.82) is 0 Å². The van der Waals surface area contributed by atoms with Crippen LogP contribution in [0.25, 0.3) is 0 Å². The zero-order chi connectivity index (χ0) is 21.9. The monoisotopic (exact) mass is 442 g/mol. The van der Waals surface area contributed by atoms with Gasteiger partial charge in [-0.05, 0) is 49.7 Å². The summed E-state index contributed by atoms with van der Waals surface area (Å²) in [6, 6.07) is 7.80. The Labute approximate surface area is 173 Å². The molecule has 0 heterocycles. The predicted molar refractivity (Wildman–Crippen MR) is 107 cm³/mol. The van der Waals surface area contributed by atoms with E-state index in [4.69, 9.17) is 16.3 Å². The quantitative estimate of drug-likeness (QED) is 0.693. The van der Waals surface area contributed by atoms with Gasteiger partial charge in [-0.3, -0.25) is 4.79 Å². The largest absolute Gasteiger partial charge is 0.449 e. The fourth-order valence-electron chi connectivity index (χ4n) is 2.22. The van der Waals surface area contributed by atoms with Crippen molar-refractivity contribution in [2.75, 3.05) is 19.4 Å². The number of ether oxygens (including phenoxy) is 1. The summed E-state index contributed by atoms with van der Waals surface area (Å²) in [7, 11) is -1.22. The Balaban J connectivity index is 2.15. The van der Waals surface area contributed by atoms with Crippen LogP contribution in [-0.4, -0.2) is 44.8 Å². The lowest BCUT2D eigenvalue weighted by Crippen LogP contribution is -2.30. The maximum absolute atomic E-state index is 13.6. The first-order valence-corrected chi connectivity index (χ1v) is 10.3. The van der Waals surface area contributed by atoms with E-state index in [2.05, 4.69) is 5.32 Å². The van der Waals surface area contributed by atoms with Gasteiger partial charge in [0, 0.05) is 19.8 Å². The molecule has 7 nitrogen and oxygen atoms in total. The molecular weight excluding hydrogens is 423 g/mol. The maximum Gasteiger partial charge on any atom is 0.338 e. The second-order valence-electron chi connectivity index (χ2n) is 6.43. The van der Waals surface area contributed by atoms with Crippen molar-refractivity contribution in [3.05, 3.63) is 58.4 Å². The van der Waals surface area contributed by atoms with E-state index >= 15 is 0 Å². The molecule has 0 aromatic heterocycles. The molecule has 10 heteroatoms. The summed E-state index contributed by atoms with van der Waals surface area (Å²) in [5.41, 5.74) is 0.552. The number of halogens is 2. The van der Waals surface area contributed by atoms with Crippen LogP contribution in [0.15, 0.2) is 41.3 Å². The molecule has 2 rings (SSSR count). The number of benzene rings is 2. The molecule has 0 saturated heterocycles. The normalized spacial score (nSPS) is 12.5. The van der Waals surface area contributed by atoms with E-state index < -0.39 is 33.8 Å². The molecule has 2 aromatic rings. The van der Waals surface area contributed by atoms with E-state index in [1.165, 1.54) is 45.3 Å². The molecule has 0 fully saturated rings. The zero-order valence-corrected chi connectivity index (χ0v) is 17.8. The summed E-state index contributed by atoms with van der Waals surface area (Å²) in [6.45, 7) is 2.92. The van der Waals surface area contributed by atoms with Gasteiger partial charge in [0.2, 0.25) is 10.0 Å². The van der Waals surface area contributed by atoms with Crippen LogP contribution in [0.4, 0.5) is 10.1 Å². The number of nitrogens with zero attached hydrogens (tertiary/aromatic N) is 1. The van der Waals surface area contributed by atoms with Crippen LogP contribution in [0.1, 0.15) is 22.8 Å². The standard InChI is InChI=1S/C19H20ClFN2O5S/c1-11-5-7-14(10-16(11)21)22-18(24)12(2)28-19(25)13-6-8-15(20)17(9-13)29(26,27)23(3)4/h5-10,12H,1-4H3,(H,22,24). The van der Waals surface area contributed by atoms with Crippen molar-refractivity contribution >= 4 is 39.2 Å². The third-order valence-corrected chi connectivity index (χ3v) is 6.31. The van der Waals surface area contributed by atoms with Gasteiger partial charge in [-0.1, -0.05) is 17.7 Å². The third-order valence-electron chi connectivity index (χ3n) is 4.02. The van der Waals surface area contributed by atoms with E-state index in [0.717, 1.165) is 16.4 Å². The van der Waals surface area contributed by atoms with Gasteiger partial charge in [0.1, 0.15) is 10.7 Å². The summed E-state index contributed by atoms with van der Waals surface area (Å²) in [5, 5.41) is 2.39. The second-order valence-corrected chi connectivity index (χ2v) is 8.96. The molecule has 1 N–H and O–H groups in total. The Bertz CT molecular complexity index is 1060. The minimum Gasteiger partial charge on any atom is -0.449 e. The molecule has 1 atom stereocenters. The minimum atomic E-state index is -3.88. The van der Waals surface area contributed by atoms with E-state index in [1.807, 2.05) is 0 Å². The lowest BCUT2D eigenvalue weighted by atomic mass is 10.2. The van der Waals surface area contributed by atoms with Gasteiger partial charge in [0.25, 0.3) is 5.91 Å². The van der Waals surface area contributed by atoms with Crippen molar-refractivity contribution in [1.82, 2.24) is 4.31 Å². The molecule has 1 amide bonds. The summed E-state index contributed by atoms with van der Waals surface area (Å²) >= 11 is 5.95. The molecule has 0 saturated carbocycles. The zero-order valence-electron chi connectivity index (χ0n) is 16.2. The summed E-state index contributed by atoms with van der Waals surface area (Å²) < 4.78 is 44.3. The first-order chi connectivity index (χ1) is 13.4. The lowest BCUT2D eigenvalue weighted by molar-refractivity contribution is -0.123. The molecule has 0 aliphatic heterocycles. The number of aryl methyl sites for hydroxylation is 1. The highest BCUT2D eigenvalue weighted by molar-refractivity contribution is 7.89. The molecule has 0 aliphatic rings. The van der Waals surface area contributed by atoms with Crippen LogP contribution in [-0.2, 0) is 19.6 Å². The van der Waals surface area contributed by atoms with Gasteiger partial charge in [-0.25, -0.2) is 21.9 Å². The summed E-state index contributed by atoms with van der Waals surface area (Å²) in [5.74, 6) is -2.06. The maximum atomic E-state index is 13.6. The van der Waals surface area contributed by atoms with Crippen molar-refractivity contribution < 1.29 is 27.1 Å². The number of carbonyl (C=O) groups is 2. The average molecular weight is 443 g/mol. The Morgan fingerprint density at radius 2 is 1.83 bits per heavy atom. The number of hydrogen-bond donors (Lipinski definition) is 1. The Morgan fingerprint density at radius 3 is 2.41 bits per heavy atom. The SMILES string of the molecule is Cc1ccc(NC(=O)C(C)OC(=O)c2ccc(Cl)c(S(=O)(=O)N(C)C)c2)cc1F. The summed E-state index contributed by atoms with van der Waals surface area (Å²) in [6.07, 6.45) is -1.21. The van der Waals surface area contributed by atoms with Crippen LogP contribution in [0, 0.1) is 12.7 Å². The second kappa shape index (κ2) is 8.89. The van der Waals surface area contributed by atoms with Crippen molar-refractivity contribution in [3.63, 3.8) is 0 Å². The van der Waals surface area contributed by atoms with Gasteiger partial charge in [0.15, 0.2) is 6.10 Å². The molecule has 0 spiro atoms. The minimum absolute atomic E-state index is 0.0533. The van der Waals surface area contributed by atoms with Crippen LogP contribution < -0.4 is 5.32 Å². The number of esters is 1. The number of hydrogen-bond acceptors (Lipinski definition) is 5. The molecular formula is C19H20ClFN2O5S. The molecule has 2 aromatic carbocycles. The Kier molecular flexibility index (Phi) is 6.99. The molecule has 0 radical (unpaired) electrons. The predicted octanol–water partition coefficient (Wildman–Crippen LogP) is 3.22. The summed E-state index contributed by atoms with van der Waals surface area (Å²) in [4.78, 5) is 24.3. The van der Waals surface area contributed by atoms with Gasteiger partial charge < -0.3 is 10.1 Å².